The van der Waals surface area contributed by atoms with Crippen molar-refractivity contribution in [2.24, 2.45) is 0 Å². The van der Waals surface area contributed by atoms with E-state index in [9.17, 15) is 13.6 Å². The van der Waals surface area contributed by atoms with Gasteiger partial charge in [-0.25, -0.2) is 13.6 Å². The maximum absolute atomic E-state index is 13.2. The quantitative estimate of drug-likeness (QED) is 0.449. The molecule has 0 radical (unpaired) electrons. The van der Waals surface area contributed by atoms with Crippen LogP contribution in [0, 0.1) is 11.6 Å². The molecule has 0 bridgehead atoms. The van der Waals surface area contributed by atoms with Crippen molar-refractivity contribution in [3.8, 4) is 0 Å². The summed E-state index contributed by atoms with van der Waals surface area (Å²) in [5, 5.41) is 0. The van der Waals surface area contributed by atoms with E-state index in [4.69, 9.17) is 0 Å². The summed E-state index contributed by atoms with van der Waals surface area (Å²) in [5.74, 6) is -3.28. The number of benzene rings is 1. The molecule has 1 aromatic rings. The summed E-state index contributed by atoms with van der Waals surface area (Å²) in [6.07, 6.45) is 0. The molecule has 0 N–H and O–H groups in total. The minimum atomic E-state index is -1.24. The van der Waals surface area contributed by atoms with E-state index in [0.29, 0.717) is 0 Å². The van der Waals surface area contributed by atoms with E-state index in [-0.39, 0.29) is 8.95 Å². The fourth-order valence-corrected chi connectivity index (χ4v) is 2.13. The molecular formula is C8H4Br2F2O2. The van der Waals surface area contributed by atoms with Crippen LogP contribution in [0.3, 0.4) is 0 Å². The number of halogens is 4. The Morgan fingerprint density at radius 1 is 1.29 bits per heavy atom. The number of methoxy groups -OCH3 is 1. The zero-order valence-corrected chi connectivity index (χ0v) is 10.1. The van der Waals surface area contributed by atoms with Gasteiger partial charge >= 0.3 is 5.97 Å². The summed E-state index contributed by atoms with van der Waals surface area (Å²) >= 11 is 5.74. The summed E-state index contributed by atoms with van der Waals surface area (Å²) in [6, 6.07) is 1.24. The first-order valence-corrected chi connectivity index (χ1v) is 4.99. The van der Waals surface area contributed by atoms with Gasteiger partial charge in [-0.2, -0.15) is 0 Å². The monoisotopic (exact) mass is 328 g/mol. The number of carbonyl (C=O) groups is 1. The Labute approximate surface area is 95.5 Å². The van der Waals surface area contributed by atoms with Crippen molar-refractivity contribution in [2.45, 2.75) is 0 Å². The molecule has 76 valence electrons. The third kappa shape index (κ3) is 1.95. The van der Waals surface area contributed by atoms with E-state index in [1.165, 1.54) is 6.07 Å². The highest BCUT2D eigenvalue weighted by Crippen LogP contribution is 2.28. The second kappa shape index (κ2) is 4.35. The molecule has 0 atom stereocenters. The van der Waals surface area contributed by atoms with Crippen molar-refractivity contribution >= 4 is 37.8 Å². The van der Waals surface area contributed by atoms with Gasteiger partial charge in [0, 0.05) is 4.47 Å². The lowest BCUT2D eigenvalue weighted by Gasteiger charge is -2.05. The number of carbonyl (C=O) groups excluding carboxylic acids is 1. The van der Waals surface area contributed by atoms with Crippen LogP contribution in [0.2, 0.25) is 0 Å². The van der Waals surface area contributed by atoms with Crippen LogP contribution < -0.4 is 0 Å². The lowest BCUT2D eigenvalue weighted by atomic mass is 10.2. The zero-order chi connectivity index (χ0) is 10.9. The summed E-state index contributed by atoms with van der Waals surface area (Å²) in [6.45, 7) is 0. The largest absolute Gasteiger partial charge is 0.465 e. The van der Waals surface area contributed by atoms with Crippen molar-refractivity contribution < 1.29 is 18.3 Å². The van der Waals surface area contributed by atoms with Gasteiger partial charge in [-0.3, -0.25) is 0 Å². The fourth-order valence-electron chi connectivity index (χ4n) is 0.855. The normalized spacial score (nSPS) is 10.1. The standard InChI is InChI=1S/C8H4Br2F2O2/c1-14-8(13)5-3(9)2-4(10)6(11)7(5)12/h2H,1H3. The molecule has 0 saturated carbocycles. The molecule has 14 heavy (non-hydrogen) atoms. The van der Waals surface area contributed by atoms with Gasteiger partial charge < -0.3 is 4.74 Å². The van der Waals surface area contributed by atoms with E-state index >= 15 is 0 Å². The average molecular weight is 330 g/mol. The summed E-state index contributed by atoms with van der Waals surface area (Å²) < 4.78 is 30.6. The smallest absolute Gasteiger partial charge is 0.342 e. The molecule has 0 fully saturated rings. The molecule has 1 rings (SSSR count). The molecular weight excluding hydrogens is 326 g/mol. The second-order valence-electron chi connectivity index (χ2n) is 2.33. The van der Waals surface area contributed by atoms with Gasteiger partial charge in [-0.15, -0.1) is 0 Å². The Morgan fingerprint density at radius 2 is 1.86 bits per heavy atom. The molecule has 0 aliphatic rings. The van der Waals surface area contributed by atoms with Crippen molar-refractivity contribution in [2.75, 3.05) is 7.11 Å². The Bertz CT molecular complexity index is 393. The van der Waals surface area contributed by atoms with Crippen LogP contribution in [0.15, 0.2) is 15.0 Å². The summed E-state index contributed by atoms with van der Waals surface area (Å²) in [4.78, 5) is 11.0. The number of esters is 1. The highest BCUT2D eigenvalue weighted by atomic mass is 79.9. The third-order valence-corrected chi connectivity index (χ3v) is 2.71. The molecule has 2 nitrogen and oxygen atoms in total. The van der Waals surface area contributed by atoms with E-state index in [1.54, 1.807) is 0 Å². The van der Waals surface area contributed by atoms with Crippen LogP contribution in [0.4, 0.5) is 8.78 Å². The number of rotatable bonds is 1. The molecule has 0 unspecified atom stereocenters. The molecule has 1 aromatic carbocycles. The topological polar surface area (TPSA) is 26.3 Å². The van der Waals surface area contributed by atoms with Crippen LogP contribution in [-0.2, 0) is 4.74 Å². The first-order chi connectivity index (χ1) is 6.49. The maximum Gasteiger partial charge on any atom is 0.342 e. The van der Waals surface area contributed by atoms with E-state index < -0.39 is 23.2 Å². The molecule has 0 aromatic heterocycles. The molecule has 6 heteroatoms. The number of hydrogen-bond acceptors (Lipinski definition) is 2. The SMILES string of the molecule is COC(=O)c1c(Br)cc(Br)c(F)c1F. The van der Waals surface area contributed by atoms with Crippen LogP contribution >= 0.6 is 31.9 Å². The van der Waals surface area contributed by atoms with Crippen LogP contribution in [0.1, 0.15) is 10.4 Å². The van der Waals surface area contributed by atoms with Crippen molar-refractivity contribution in [1.82, 2.24) is 0 Å². The van der Waals surface area contributed by atoms with Gasteiger partial charge in [-0.1, -0.05) is 0 Å². The Morgan fingerprint density at radius 3 is 2.36 bits per heavy atom. The van der Waals surface area contributed by atoms with Gasteiger partial charge in [-0.05, 0) is 37.9 Å². The first kappa shape index (κ1) is 11.6. The molecule has 0 heterocycles. The lowest BCUT2D eigenvalue weighted by Crippen LogP contribution is -2.07. The summed E-state index contributed by atoms with van der Waals surface area (Å²) in [5.41, 5.74) is -0.451. The van der Waals surface area contributed by atoms with Gasteiger partial charge in [0.05, 0.1) is 11.6 Å². The van der Waals surface area contributed by atoms with Gasteiger partial charge in [0.2, 0.25) is 0 Å². The first-order valence-electron chi connectivity index (χ1n) is 3.40. The third-order valence-electron chi connectivity index (χ3n) is 1.50. The average Bonchev–Trinajstić information content (AvgIpc) is 2.14. The molecule has 0 spiro atoms. The van der Waals surface area contributed by atoms with E-state index in [0.717, 1.165) is 7.11 Å². The summed E-state index contributed by atoms with van der Waals surface area (Å²) in [7, 11) is 1.09. The number of hydrogen-bond donors (Lipinski definition) is 0. The van der Waals surface area contributed by atoms with Crippen molar-refractivity contribution in [3.63, 3.8) is 0 Å². The van der Waals surface area contributed by atoms with Crippen molar-refractivity contribution in [1.29, 1.82) is 0 Å². The van der Waals surface area contributed by atoms with Crippen LogP contribution in [0.25, 0.3) is 0 Å². The Kier molecular flexibility index (Phi) is 3.60. The van der Waals surface area contributed by atoms with Crippen LogP contribution in [0.5, 0.6) is 0 Å². The minimum Gasteiger partial charge on any atom is -0.465 e. The van der Waals surface area contributed by atoms with Gasteiger partial charge in [0.25, 0.3) is 0 Å². The molecule has 0 amide bonds. The minimum absolute atomic E-state index is 0.0606. The molecule has 0 aliphatic carbocycles. The Balaban J connectivity index is 3.44. The van der Waals surface area contributed by atoms with E-state index in [2.05, 4.69) is 36.6 Å². The predicted octanol–water partition coefficient (Wildman–Crippen LogP) is 3.28. The Hall–Kier alpha value is -0.490. The second-order valence-corrected chi connectivity index (χ2v) is 4.04. The molecule has 0 aliphatic heterocycles. The number of ether oxygens (including phenoxy) is 1. The molecule has 0 saturated heterocycles. The van der Waals surface area contributed by atoms with Crippen LogP contribution in [-0.4, -0.2) is 13.1 Å². The highest BCUT2D eigenvalue weighted by molar-refractivity contribution is 9.11. The zero-order valence-electron chi connectivity index (χ0n) is 6.91. The van der Waals surface area contributed by atoms with E-state index in [1.807, 2.05) is 0 Å². The van der Waals surface area contributed by atoms with Gasteiger partial charge in [0.15, 0.2) is 11.6 Å². The predicted molar refractivity (Wildman–Crippen MR) is 53.1 cm³/mol. The lowest BCUT2D eigenvalue weighted by molar-refractivity contribution is 0.0593. The highest BCUT2D eigenvalue weighted by Gasteiger charge is 2.22. The maximum atomic E-state index is 13.2. The van der Waals surface area contributed by atoms with Gasteiger partial charge in [0.1, 0.15) is 5.56 Å². The fraction of sp³-hybridized carbons (Fsp3) is 0.125. The van der Waals surface area contributed by atoms with Crippen molar-refractivity contribution in [3.05, 3.63) is 32.2 Å².